The quantitative estimate of drug-likeness (QED) is 0.780. The highest BCUT2D eigenvalue weighted by atomic mass is 16.5. The molecule has 1 unspecified atom stereocenters. The van der Waals surface area contributed by atoms with Crippen LogP contribution in [0.2, 0.25) is 0 Å². The number of carbonyl (C=O) groups is 2. The smallest absolute Gasteiger partial charge is 0.414 e. The predicted octanol–water partition coefficient (Wildman–Crippen LogP) is 2.89. The van der Waals surface area contributed by atoms with Gasteiger partial charge >= 0.3 is 6.09 Å². The van der Waals surface area contributed by atoms with E-state index in [2.05, 4.69) is 23.7 Å². The Morgan fingerprint density at radius 1 is 1.08 bits per heavy atom. The van der Waals surface area contributed by atoms with Gasteiger partial charge in [-0.25, -0.2) is 4.79 Å². The van der Waals surface area contributed by atoms with Crippen LogP contribution in [-0.2, 0) is 9.53 Å². The summed E-state index contributed by atoms with van der Waals surface area (Å²) in [6.07, 6.45) is 9.33. The number of ether oxygens (including phenoxy) is 1. The first-order valence-corrected chi connectivity index (χ1v) is 10.1. The minimum Gasteiger partial charge on any atom is -0.419 e. The highest BCUT2D eigenvalue weighted by Crippen LogP contribution is 2.32. The zero-order valence-electron chi connectivity index (χ0n) is 16.0. The molecule has 6 nitrogen and oxygen atoms in total. The molecule has 26 heavy (non-hydrogen) atoms. The molecule has 2 aliphatic heterocycles. The lowest BCUT2D eigenvalue weighted by Crippen LogP contribution is -2.54. The summed E-state index contributed by atoms with van der Waals surface area (Å²) in [4.78, 5) is 28.7. The third kappa shape index (κ3) is 4.58. The number of likely N-dealkylation sites (tertiary alicyclic amines) is 2. The molecule has 2 saturated heterocycles. The van der Waals surface area contributed by atoms with Crippen LogP contribution in [0.1, 0.15) is 58.3 Å². The van der Waals surface area contributed by atoms with Crippen molar-refractivity contribution in [3.8, 4) is 0 Å². The van der Waals surface area contributed by atoms with Gasteiger partial charge in [0.15, 0.2) is 0 Å². The van der Waals surface area contributed by atoms with Gasteiger partial charge in [-0.1, -0.05) is 6.58 Å². The van der Waals surface area contributed by atoms with Crippen molar-refractivity contribution in [3.63, 3.8) is 0 Å². The maximum absolute atomic E-state index is 12.5. The molecule has 1 saturated carbocycles. The minimum atomic E-state index is -0.291. The summed E-state index contributed by atoms with van der Waals surface area (Å²) in [5, 5.41) is 3.27. The molecule has 3 aliphatic rings. The van der Waals surface area contributed by atoms with Crippen LogP contribution in [-0.4, -0.2) is 59.6 Å². The van der Waals surface area contributed by atoms with Crippen LogP contribution in [0.5, 0.6) is 0 Å². The molecular formula is C20H33N3O3. The van der Waals surface area contributed by atoms with Crippen molar-refractivity contribution < 1.29 is 14.3 Å². The average Bonchev–Trinajstić information content (AvgIpc) is 2.87. The Morgan fingerprint density at radius 2 is 1.81 bits per heavy atom. The number of nitrogens with zero attached hydrogens (tertiary/aromatic N) is 2. The van der Waals surface area contributed by atoms with Gasteiger partial charge in [-0.05, 0) is 71.4 Å². The molecule has 0 radical (unpaired) electrons. The second-order valence-corrected chi connectivity index (χ2v) is 8.34. The van der Waals surface area contributed by atoms with Crippen LogP contribution in [0.4, 0.5) is 4.79 Å². The largest absolute Gasteiger partial charge is 0.419 e. The number of rotatable bonds is 4. The third-order valence-electron chi connectivity index (χ3n) is 6.44. The van der Waals surface area contributed by atoms with E-state index in [-0.39, 0.29) is 23.5 Å². The maximum atomic E-state index is 12.5. The van der Waals surface area contributed by atoms with Crippen molar-refractivity contribution in [1.82, 2.24) is 15.1 Å². The first kappa shape index (κ1) is 19.2. The molecule has 0 bridgehead atoms. The third-order valence-corrected chi connectivity index (χ3v) is 6.44. The van der Waals surface area contributed by atoms with Crippen LogP contribution in [0, 0.1) is 5.92 Å². The Bertz CT molecular complexity index is 524. The molecule has 0 aromatic heterocycles. The molecule has 0 aromatic rings. The molecule has 2 amide bonds. The Balaban J connectivity index is 1.43. The van der Waals surface area contributed by atoms with Gasteiger partial charge in [0.1, 0.15) is 0 Å². The van der Waals surface area contributed by atoms with E-state index in [9.17, 15) is 9.59 Å². The van der Waals surface area contributed by atoms with Crippen LogP contribution >= 0.6 is 0 Å². The fraction of sp³-hybridized carbons (Fsp3) is 0.800. The van der Waals surface area contributed by atoms with Crippen LogP contribution in [0.3, 0.4) is 0 Å². The molecule has 0 aromatic carbocycles. The van der Waals surface area contributed by atoms with Gasteiger partial charge in [-0.2, -0.15) is 0 Å². The second-order valence-electron chi connectivity index (χ2n) is 8.34. The highest BCUT2D eigenvalue weighted by Gasteiger charge is 2.36. The van der Waals surface area contributed by atoms with E-state index in [4.69, 9.17) is 4.74 Å². The number of hydrogen-bond acceptors (Lipinski definition) is 4. The van der Waals surface area contributed by atoms with Gasteiger partial charge in [0, 0.05) is 30.6 Å². The Morgan fingerprint density at radius 3 is 2.42 bits per heavy atom. The fourth-order valence-electron chi connectivity index (χ4n) is 4.53. The van der Waals surface area contributed by atoms with Gasteiger partial charge in [0.05, 0.1) is 6.26 Å². The zero-order chi connectivity index (χ0) is 18.6. The van der Waals surface area contributed by atoms with Gasteiger partial charge in [0.25, 0.3) is 0 Å². The van der Waals surface area contributed by atoms with Gasteiger partial charge in [0.2, 0.25) is 5.91 Å². The molecule has 1 N–H and O–H groups in total. The molecule has 2 heterocycles. The van der Waals surface area contributed by atoms with E-state index in [1.807, 2.05) is 0 Å². The average molecular weight is 364 g/mol. The van der Waals surface area contributed by atoms with Crippen LogP contribution in [0.15, 0.2) is 12.8 Å². The number of hydrogen-bond donors (Lipinski definition) is 1. The lowest BCUT2D eigenvalue weighted by molar-refractivity contribution is -0.129. The molecule has 3 fully saturated rings. The van der Waals surface area contributed by atoms with Gasteiger partial charge < -0.3 is 19.9 Å². The summed E-state index contributed by atoms with van der Waals surface area (Å²) in [7, 11) is 0. The SMILES string of the molecule is C=COC(=O)N1CCCC(N2CCC(C(=O)NC3(C)CCC3)CC2)CC1. The van der Waals surface area contributed by atoms with E-state index in [1.54, 1.807) is 4.90 Å². The van der Waals surface area contributed by atoms with Gasteiger partial charge in [-0.3, -0.25) is 4.79 Å². The van der Waals surface area contributed by atoms with Crippen molar-refractivity contribution in [2.75, 3.05) is 26.2 Å². The summed E-state index contributed by atoms with van der Waals surface area (Å²) >= 11 is 0. The first-order valence-electron chi connectivity index (χ1n) is 10.1. The summed E-state index contributed by atoms with van der Waals surface area (Å²) < 4.78 is 4.90. The summed E-state index contributed by atoms with van der Waals surface area (Å²) in [6, 6.07) is 0.504. The normalized spacial score (nSPS) is 27.1. The monoisotopic (exact) mass is 363 g/mol. The Kier molecular flexibility index (Phi) is 6.22. The lowest BCUT2D eigenvalue weighted by Gasteiger charge is -2.42. The lowest BCUT2D eigenvalue weighted by atomic mass is 9.78. The second kappa shape index (κ2) is 8.42. The molecular weight excluding hydrogens is 330 g/mol. The summed E-state index contributed by atoms with van der Waals surface area (Å²) in [6.45, 7) is 9.06. The molecule has 1 atom stereocenters. The van der Waals surface area contributed by atoms with Crippen LogP contribution < -0.4 is 5.32 Å². The highest BCUT2D eigenvalue weighted by molar-refractivity contribution is 5.79. The summed E-state index contributed by atoms with van der Waals surface area (Å²) in [5.41, 5.74) is 0.0546. The zero-order valence-corrected chi connectivity index (χ0v) is 16.0. The van der Waals surface area contributed by atoms with E-state index < -0.39 is 0 Å². The Labute approximate surface area is 156 Å². The fourth-order valence-corrected chi connectivity index (χ4v) is 4.53. The minimum absolute atomic E-state index is 0.0546. The number of carbonyl (C=O) groups excluding carboxylic acids is 2. The maximum Gasteiger partial charge on any atom is 0.414 e. The van der Waals surface area contributed by atoms with E-state index >= 15 is 0 Å². The van der Waals surface area contributed by atoms with Gasteiger partial charge in [-0.15, -0.1) is 0 Å². The van der Waals surface area contributed by atoms with E-state index in [0.717, 1.165) is 71.1 Å². The topological polar surface area (TPSA) is 61.9 Å². The first-order chi connectivity index (χ1) is 12.5. The molecule has 146 valence electrons. The molecule has 0 spiro atoms. The van der Waals surface area contributed by atoms with Crippen LogP contribution in [0.25, 0.3) is 0 Å². The Hall–Kier alpha value is -1.56. The predicted molar refractivity (Wildman–Crippen MR) is 101 cm³/mol. The van der Waals surface area contributed by atoms with Crippen molar-refractivity contribution in [1.29, 1.82) is 0 Å². The number of nitrogens with one attached hydrogen (secondary N) is 1. The van der Waals surface area contributed by atoms with Crippen molar-refractivity contribution >= 4 is 12.0 Å². The molecule has 6 heteroatoms. The number of piperidine rings is 1. The molecule has 3 rings (SSSR count). The van der Waals surface area contributed by atoms with Crippen molar-refractivity contribution in [2.24, 2.45) is 5.92 Å². The number of amides is 2. The van der Waals surface area contributed by atoms with E-state index in [1.165, 1.54) is 12.7 Å². The van der Waals surface area contributed by atoms with Crippen molar-refractivity contribution in [3.05, 3.63) is 12.8 Å². The standard InChI is InChI=1S/C20H33N3O3/c1-3-26-19(25)23-12-4-6-17(9-15-23)22-13-7-16(8-14-22)18(24)21-20(2)10-5-11-20/h3,16-17H,1,4-15H2,2H3,(H,21,24). The van der Waals surface area contributed by atoms with Crippen molar-refractivity contribution in [2.45, 2.75) is 69.9 Å². The van der Waals surface area contributed by atoms with E-state index in [0.29, 0.717) is 6.04 Å². The summed E-state index contributed by atoms with van der Waals surface area (Å²) in [5.74, 6) is 0.416. The molecule has 1 aliphatic carbocycles.